The Bertz CT molecular complexity index is 789. The summed E-state index contributed by atoms with van der Waals surface area (Å²) in [5, 5.41) is 6.81. The number of nitrogens with zero attached hydrogens (tertiary/aromatic N) is 1. The van der Waals surface area contributed by atoms with E-state index in [1.165, 1.54) is 15.3 Å². The van der Waals surface area contributed by atoms with Crippen LogP contribution < -0.4 is 20.1 Å². The van der Waals surface area contributed by atoms with Crippen LogP contribution in [0.1, 0.15) is 29.2 Å². The first-order valence-electron chi connectivity index (χ1n) is 8.88. The maximum absolute atomic E-state index is 5.72. The van der Waals surface area contributed by atoms with Crippen LogP contribution in [0.15, 0.2) is 35.3 Å². The Kier molecular flexibility index (Phi) is 7.79. The Morgan fingerprint density at radius 1 is 1.11 bits per heavy atom. The zero-order chi connectivity index (χ0) is 18.6. The summed E-state index contributed by atoms with van der Waals surface area (Å²) in [4.78, 5) is 6.96. The average molecular weight is 501 g/mol. The molecule has 1 aliphatic heterocycles. The van der Waals surface area contributed by atoms with E-state index in [1.54, 1.807) is 18.4 Å². The van der Waals surface area contributed by atoms with Gasteiger partial charge in [-0.3, -0.25) is 4.99 Å². The molecule has 0 aliphatic carbocycles. The van der Waals surface area contributed by atoms with Gasteiger partial charge in [-0.1, -0.05) is 19.9 Å². The fourth-order valence-electron chi connectivity index (χ4n) is 2.84. The smallest absolute Gasteiger partial charge is 0.191 e. The molecule has 3 rings (SSSR count). The van der Waals surface area contributed by atoms with Crippen LogP contribution in [-0.2, 0) is 12.0 Å². The molecule has 0 amide bonds. The molecule has 1 aliphatic rings. The van der Waals surface area contributed by atoms with Gasteiger partial charge >= 0.3 is 0 Å². The van der Waals surface area contributed by atoms with E-state index in [0.717, 1.165) is 30.5 Å². The highest BCUT2D eigenvalue weighted by Gasteiger charge is 2.23. The molecule has 0 bridgehead atoms. The van der Waals surface area contributed by atoms with Gasteiger partial charge in [-0.05, 0) is 36.8 Å². The number of rotatable bonds is 5. The third kappa shape index (κ3) is 5.75. The minimum atomic E-state index is -0.0764. The minimum Gasteiger partial charge on any atom is -0.486 e. The van der Waals surface area contributed by atoms with E-state index in [2.05, 4.69) is 60.7 Å². The molecule has 1 aromatic carbocycles. The number of hydrogen-bond acceptors (Lipinski definition) is 4. The largest absolute Gasteiger partial charge is 0.486 e. The molecule has 0 spiro atoms. The summed E-state index contributed by atoms with van der Waals surface area (Å²) in [7, 11) is 1.80. The number of hydrogen-bond donors (Lipinski definition) is 2. The fourth-order valence-corrected chi connectivity index (χ4v) is 3.67. The van der Waals surface area contributed by atoms with Gasteiger partial charge in [-0.15, -0.1) is 35.3 Å². The molecular formula is C20H28IN3O2S. The maximum Gasteiger partial charge on any atom is 0.191 e. The van der Waals surface area contributed by atoms with Gasteiger partial charge in [0.1, 0.15) is 13.2 Å². The van der Waals surface area contributed by atoms with Crippen molar-refractivity contribution in [2.75, 3.05) is 26.8 Å². The van der Waals surface area contributed by atoms with E-state index in [4.69, 9.17) is 9.47 Å². The Morgan fingerprint density at radius 3 is 2.52 bits per heavy atom. The summed E-state index contributed by atoms with van der Waals surface area (Å²) >= 11 is 1.80. The number of thiophene rings is 1. The maximum atomic E-state index is 5.72. The normalized spacial score (nSPS) is 13.7. The van der Waals surface area contributed by atoms with E-state index < -0.39 is 0 Å². The van der Waals surface area contributed by atoms with Crippen molar-refractivity contribution in [1.82, 2.24) is 10.6 Å². The molecule has 148 valence electrons. The van der Waals surface area contributed by atoms with Crippen molar-refractivity contribution < 1.29 is 9.47 Å². The van der Waals surface area contributed by atoms with Crippen LogP contribution in [0.5, 0.6) is 11.5 Å². The summed E-state index contributed by atoms with van der Waals surface area (Å²) in [5.74, 6) is 2.46. The van der Waals surface area contributed by atoms with Crippen LogP contribution in [0.4, 0.5) is 0 Å². The second-order valence-electron chi connectivity index (χ2n) is 7.03. The van der Waals surface area contributed by atoms with Crippen molar-refractivity contribution in [2.45, 2.75) is 32.7 Å². The predicted octanol–water partition coefficient (Wildman–Crippen LogP) is 4.09. The molecule has 0 fully saturated rings. The van der Waals surface area contributed by atoms with Gasteiger partial charge in [0.2, 0.25) is 0 Å². The molecule has 2 N–H and O–H groups in total. The predicted molar refractivity (Wildman–Crippen MR) is 123 cm³/mol. The Labute approximate surface area is 182 Å². The Morgan fingerprint density at radius 2 is 1.85 bits per heavy atom. The number of guanidine groups is 1. The van der Waals surface area contributed by atoms with E-state index in [-0.39, 0.29) is 29.4 Å². The lowest BCUT2D eigenvalue weighted by Crippen LogP contribution is -2.43. The highest BCUT2D eigenvalue weighted by molar-refractivity contribution is 14.0. The standard InChI is InChI=1S/C20H27N3O2S.HI/c1-14-5-7-16(26-14)12-22-19(21-4)23-13-20(2,3)15-6-8-17-18(11-15)25-10-9-24-17;/h5-8,11H,9-10,12-13H2,1-4H3,(H2,21,22,23);1H. The first-order valence-corrected chi connectivity index (χ1v) is 9.69. The Balaban J connectivity index is 0.00000261. The van der Waals surface area contributed by atoms with Gasteiger partial charge in [0, 0.05) is 28.8 Å². The molecule has 27 heavy (non-hydrogen) atoms. The van der Waals surface area contributed by atoms with Crippen molar-refractivity contribution >= 4 is 41.3 Å². The highest BCUT2D eigenvalue weighted by atomic mass is 127. The number of halogens is 1. The number of benzene rings is 1. The number of ether oxygens (including phenoxy) is 2. The van der Waals surface area contributed by atoms with Crippen molar-refractivity contribution in [3.8, 4) is 11.5 Å². The molecule has 7 heteroatoms. The third-order valence-electron chi connectivity index (χ3n) is 4.47. The van der Waals surface area contributed by atoms with Crippen molar-refractivity contribution in [1.29, 1.82) is 0 Å². The zero-order valence-electron chi connectivity index (χ0n) is 16.3. The van der Waals surface area contributed by atoms with Gasteiger partial charge in [0.25, 0.3) is 0 Å². The number of aryl methyl sites for hydroxylation is 1. The van der Waals surface area contributed by atoms with Crippen LogP contribution in [-0.4, -0.2) is 32.8 Å². The van der Waals surface area contributed by atoms with Crippen molar-refractivity contribution in [2.24, 2.45) is 4.99 Å². The van der Waals surface area contributed by atoms with E-state index in [9.17, 15) is 0 Å². The van der Waals surface area contributed by atoms with Gasteiger partial charge in [-0.2, -0.15) is 0 Å². The molecule has 0 atom stereocenters. The number of nitrogens with one attached hydrogen (secondary N) is 2. The van der Waals surface area contributed by atoms with Gasteiger partial charge < -0.3 is 20.1 Å². The Hall–Kier alpha value is -1.48. The lowest BCUT2D eigenvalue weighted by molar-refractivity contribution is 0.171. The van der Waals surface area contributed by atoms with Crippen molar-refractivity contribution in [3.05, 3.63) is 45.6 Å². The van der Waals surface area contributed by atoms with Gasteiger partial charge in [-0.25, -0.2) is 0 Å². The summed E-state index contributed by atoms with van der Waals surface area (Å²) in [6, 6.07) is 10.5. The van der Waals surface area contributed by atoms with E-state index in [0.29, 0.717) is 13.2 Å². The topological polar surface area (TPSA) is 54.9 Å². The van der Waals surface area contributed by atoms with Crippen LogP contribution in [0.25, 0.3) is 0 Å². The highest BCUT2D eigenvalue weighted by Crippen LogP contribution is 2.34. The molecule has 1 aromatic heterocycles. The molecule has 0 saturated heterocycles. The average Bonchev–Trinajstić information content (AvgIpc) is 3.06. The SMILES string of the molecule is CN=C(NCc1ccc(C)s1)NCC(C)(C)c1ccc2c(c1)OCCO2.I. The number of fused-ring (bicyclic) bond motifs is 1. The monoisotopic (exact) mass is 501 g/mol. The van der Waals surface area contributed by atoms with Crippen molar-refractivity contribution in [3.63, 3.8) is 0 Å². The molecule has 0 radical (unpaired) electrons. The lowest BCUT2D eigenvalue weighted by Gasteiger charge is -2.28. The minimum absolute atomic E-state index is 0. The second-order valence-corrected chi connectivity index (χ2v) is 8.41. The molecule has 0 saturated carbocycles. The summed E-state index contributed by atoms with van der Waals surface area (Å²) in [5.41, 5.74) is 1.13. The molecule has 2 heterocycles. The van der Waals surface area contributed by atoms with Gasteiger partial charge in [0.15, 0.2) is 17.5 Å². The molecular weight excluding hydrogens is 473 g/mol. The molecule has 0 unspecified atom stereocenters. The fraction of sp³-hybridized carbons (Fsp3) is 0.450. The number of aliphatic imine (C=N–C) groups is 1. The van der Waals surface area contributed by atoms with Crippen LogP contribution in [0.2, 0.25) is 0 Å². The third-order valence-corrected chi connectivity index (χ3v) is 5.47. The van der Waals surface area contributed by atoms with Crippen LogP contribution in [0, 0.1) is 6.92 Å². The quantitative estimate of drug-likeness (QED) is 0.368. The first kappa shape index (κ1) is 21.8. The zero-order valence-corrected chi connectivity index (χ0v) is 19.4. The van der Waals surface area contributed by atoms with E-state index >= 15 is 0 Å². The summed E-state index contributed by atoms with van der Waals surface area (Å²) in [6.45, 7) is 9.30. The summed E-state index contributed by atoms with van der Waals surface area (Å²) in [6.07, 6.45) is 0. The van der Waals surface area contributed by atoms with Crippen LogP contribution >= 0.6 is 35.3 Å². The van der Waals surface area contributed by atoms with E-state index in [1.807, 2.05) is 6.07 Å². The molecule has 5 nitrogen and oxygen atoms in total. The first-order chi connectivity index (χ1) is 12.5. The lowest BCUT2D eigenvalue weighted by atomic mass is 9.84. The molecule has 2 aromatic rings. The second kappa shape index (κ2) is 9.64. The summed E-state index contributed by atoms with van der Waals surface area (Å²) < 4.78 is 11.3. The van der Waals surface area contributed by atoms with Gasteiger partial charge in [0.05, 0.1) is 6.54 Å². The van der Waals surface area contributed by atoms with Crippen LogP contribution in [0.3, 0.4) is 0 Å².